The molecule has 4 aromatic carbocycles. The number of rotatable bonds is 8. The van der Waals surface area contributed by atoms with Crippen molar-refractivity contribution in [2.75, 3.05) is 0 Å². The van der Waals surface area contributed by atoms with Gasteiger partial charge in [-0.3, -0.25) is 9.52 Å². The number of aryl methyl sites for hydroxylation is 2. The first-order valence-electron chi connectivity index (χ1n) is 15.0. The van der Waals surface area contributed by atoms with E-state index in [4.69, 9.17) is 9.90 Å². The van der Waals surface area contributed by atoms with E-state index in [1.54, 1.807) is 36.4 Å². The summed E-state index contributed by atoms with van der Waals surface area (Å²) in [5.41, 5.74) is 6.93. The van der Waals surface area contributed by atoms with Crippen LogP contribution in [-0.2, 0) is 36.1 Å². The molecule has 0 spiro atoms. The van der Waals surface area contributed by atoms with Crippen LogP contribution in [0.2, 0.25) is 0 Å². The number of halogens is 3. The van der Waals surface area contributed by atoms with E-state index < -0.39 is 49.4 Å². The van der Waals surface area contributed by atoms with Crippen LogP contribution < -0.4 is 9.44 Å². The van der Waals surface area contributed by atoms with Crippen LogP contribution in [0.15, 0.2) is 95.9 Å². The lowest BCUT2D eigenvalue weighted by Gasteiger charge is -2.18. The zero-order valence-electron chi connectivity index (χ0n) is 26.5. The molecule has 50 heavy (non-hydrogen) atoms. The largest absolute Gasteiger partial charge is 0.490 e. The molecule has 1 aliphatic heterocycles. The Bertz CT molecular complexity index is 2240. The average Bonchev–Trinajstić information content (AvgIpc) is 3.61. The van der Waals surface area contributed by atoms with Gasteiger partial charge < -0.3 is 10.1 Å². The van der Waals surface area contributed by atoms with E-state index in [-0.39, 0.29) is 17.7 Å². The van der Waals surface area contributed by atoms with E-state index in [1.807, 2.05) is 67.1 Å². The van der Waals surface area contributed by atoms with Gasteiger partial charge >= 0.3 is 12.1 Å². The lowest BCUT2D eigenvalue weighted by molar-refractivity contribution is -0.192. The summed E-state index contributed by atoms with van der Waals surface area (Å²) in [4.78, 5) is 28.6. The van der Waals surface area contributed by atoms with Gasteiger partial charge in [-0.1, -0.05) is 72.3 Å². The number of aromatic nitrogens is 2. The molecule has 1 saturated heterocycles. The summed E-state index contributed by atoms with van der Waals surface area (Å²) >= 11 is 0. The van der Waals surface area contributed by atoms with Crippen molar-refractivity contribution in [3.8, 4) is 11.1 Å². The van der Waals surface area contributed by atoms with Gasteiger partial charge in [0.1, 0.15) is 11.1 Å². The molecule has 262 valence electrons. The normalized spacial score (nSPS) is 16.3. The standard InChI is InChI=1S/C32H30N4O5S2.C2HF3O2/c1-20-7-8-21(2)26(17-20)23-13-15-25(16-14-23)42(38,39)35-29(32-33-27-5-3-4-6-28(27)34-32)18-22-9-11-24(12-10-22)30-19-31(37)36-43(30,40)41;3-2(4,5)1(6)7/h3-17,29-30,35H,18-19H2,1-2H3,(H,33,34)(H,36,37);(H,6,7). The summed E-state index contributed by atoms with van der Waals surface area (Å²) in [7, 11) is -7.73. The van der Waals surface area contributed by atoms with Crippen LogP contribution in [-0.4, -0.2) is 50.0 Å². The molecule has 0 radical (unpaired) electrons. The van der Waals surface area contributed by atoms with Gasteiger partial charge in [0.2, 0.25) is 26.0 Å². The molecule has 1 aromatic heterocycles. The van der Waals surface area contributed by atoms with Gasteiger partial charge in [0, 0.05) is 0 Å². The van der Waals surface area contributed by atoms with Gasteiger partial charge in [-0.2, -0.15) is 13.2 Å². The number of sulfonamides is 2. The number of carboxylic acid groups (broad SMARTS) is 1. The molecule has 1 aliphatic rings. The molecule has 2 heterocycles. The van der Waals surface area contributed by atoms with Crippen LogP contribution in [0, 0.1) is 13.8 Å². The summed E-state index contributed by atoms with van der Waals surface area (Å²) in [6.45, 7) is 4.04. The number of carboxylic acids is 1. The Balaban J connectivity index is 0.000000630. The summed E-state index contributed by atoms with van der Waals surface area (Å²) in [6.07, 6.45) is -4.97. The molecule has 6 rings (SSSR count). The molecule has 11 nitrogen and oxygen atoms in total. The van der Waals surface area contributed by atoms with Gasteiger partial charge in [-0.15, -0.1) is 0 Å². The van der Waals surface area contributed by atoms with Crippen LogP contribution in [0.5, 0.6) is 0 Å². The predicted molar refractivity (Wildman–Crippen MR) is 179 cm³/mol. The molecule has 2 unspecified atom stereocenters. The van der Waals surface area contributed by atoms with Crippen LogP contribution in [0.25, 0.3) is 22.2 Å². The van der Waals surface area contributed by atoms with E-state index in [0.717, 1.165) is 33.3 Å². The lowest BCUT2D eigenvalue weighted by atomic mass is 9.99. The molecule has 0 aliphatic carbocycles. The Kier molecular flexibility index (Phi) is 10.2. The third-order valence-corrected chi connectivity index (χ3v) is 11.1. The van der Waals surface area contributed by atoms with Crippen LogP contribution in [0.3, 0.4) is 0 Å². The number of aliphatic carboxylic acids is 1. The lowest BCUT2D eigenvalue weighted by Crippen LogP contribution is -2.31. The third kappa shape index (κ3) is 8.38. The van der Waals surface area contributed by atoms with Crippen molar-refractivity contribution in [3.05, 3.63) is 119 Å². The summed E-state index contributed by atoms with van der Waals surface area (Å²) < 4.78 is 88.5. The molecule has 5 aromatic rings. The Labute approximate surface area is 285 Å². The first kappa shape index (κ1) is 36.2. The second-order valence-electron chi connectivity index (χ2n) is 11.7. The summed E-state index contributed by atoms with van der Waals surface area (Å²) in [5, 5.41) is 6.17. The first-order chi connectivity index (χ1) is 23.4. The zero-order chi connectivity index (χ0) is 36.4. The van der Waals surface area contributed by atoms with E-state index in [1.165, 1.54) is 0 Å². The maximum atomic E-state index is 13.7. The third-order valence-electron chi connectivity index (χ3n) is 7.94. The van der Waals surface area contributed by atoms with Gasteiger partial charge in [0.05, 0.1) is 28.4 Å². The first-order valence-corrected chi connectivity index (χ1v) is 18.0. The van der Waals surface area contributed by atoms with Gasteiger partial charge in [-0.05, 0) is 72.4 Å². The minimum absolute atomic E-state index is 0.127. The van der Waals surface area contributed by atoms with Gasteiger partial charge in [0.25, 0.3) is 0 Å². The predicted octanol–water partition coefficient (Wildman–Crippen LogP) is 5.63. The molecule has 16 heteroatoms. The number of fused-ring (bicyclic) bond motifs is 1. The quantitative estimate of drug-likeness (QED) is 0.159. The van der Waals surface area contributed by atoms with Crippen molar-refractivity contribution >= 4 is 43.0 Å². The highest BCUT2D eigenvalue weighted by atomic mass is 32.2. The molecule has 0 bridgehead atoms. The molecule has 0 saturated carbocycles. The summed E-state index contributed by atoms with van der Waals surface area (Å²) in [6, 6.07) is 26.5. The number of aromatic amines is 1. The van der Waals surface area contributed by atoms with Crippen molar-refractivity contribution in [3.63, 3.8) is 0 Å². The molecular formula is C34H31F3N4O7S2. The SMILES string of the molecule is Cc1ccc(C)c(-c2ccc(S(=O)(=O)NC(Cc3ccc(C4CC(=O)NS4(=O)=O)cc3)c3nc4ccccc4[nH]3)cc2)c1.O=C(O)C(F)(F)F. The number of para-hydroxylation sites is 2. The van der Waals surface area contributed by atoms with Gasteiger partial charge in [0.15, 0.2) is 0 Å². The number of nitrogens with zero attached hydrogens (tertiary/aromatic N) is 1. The van der Waals surface area contributed by atoms with Crippen molar-refractivity contribution in [1.82, 2.24) is 19.4 Å². The monoisotopic (exact) mass is 728 g/mol. The Hall–Kier alpha value is -5.06. The number of amides is 1. The highest BCUT2D eigenvalue weighted by molar-refractivity contribution is 7.90. The van der Waals surface area contributed by atoms with E-state index in [2.05, 4.69) is 20.8 Å². The number of carbonyl (C=O) groups excluding carboxylic acids is 1. The molecule has 4 N–H and O–H groups in total. The Morgan fingerprint density at radius 1 is 1.00 bits per heavy atom. The summed E-state index contributed by atoms with van der Waals surface area (Å²) in [5.74, 6) is -2.84. The number of H-pyrrole nitrogens is 1. The second kappa shape index (κ2) is 14.0. The number of alkyl halides is 3. The second-order valence-corrected chi connectivity index (χ2v) is 15.2. The van der Waals surface area contributed by atoms with E-state index >= 15 is 0 Å². The number of hydrogen-bond donors (Lipinski definition) is 4. The average molecular weight is 729 g/mol. The van der Waals surface area contributed by atoms with E-state index in [9.17, 15) is 34.8 Å². The van der Waals surface area contributed by atoms with Crippen molar-refractivity contribution in [2.45, 2.75) is 49.1 Å². The van der Waals surface area contributed by atoms with Crippen molar-refractivity contribution < 1.29 is 44.7 Å². The number of carbonyl (C=O) groups is 2. The maximum Gasteiger partial charge on any atom is 0.490 e. The van der Waals surface area contributed by atoms with Crippen molar-refractivity contribution in [2.24, 2.45) is 0 Å². The highest BCUT2D eigenvalue weighted by Gasteiger charge is 2.39. The number of imidazole rings is 1. The minimum atomic E-state index is -5.08. The molecule has 1 amide bonds. The molecule has 1 fully saturated rings. The fourth-order valence-electron chi connectivity index (χ4n) is 5.40. The fourth-order valence-corrected chi connectivity index (χ4v) is 8.03. The molecule has 2 atom stereocenters. The maximum absolute atomic E-state index is 13.7. The minimum Gasteiger partial charge on any atom is -0.475 e. The van der Waals surface area contributed by atoms with Crippen LogP contribution in [0.4, 0.5) is 13.2 Å². The topological polar surface area (TPSA) is 175 Å². The van der Waals surface area contributed by atoms with E-state index in [0.29, 0.717) is 16.9 Å². The number of benzene rings is 4. The fraction of sp³-hybridized carbons (Fsp3) is 0.206. The Morgan fingerprint density at radius 3 is 2.22 bits per heavy atom. The smallest absolute Gasteiger partial charge is 0.475 e. The van der Waals surface area contributed by atoms with Crippen LogP contribution >= 0.6 is 0 Å². The number of nitrogens with one attached hydrogen (secondary N) is 3. The van der Waals surface area contributed by atoms with Crippen molar-refractivity contribution in [1.29, 1.82) is 0 Å². The Morgan fingerprint density at radius 2 is 1.64 bits per heavy atom. The van der Waals surface area contributed by atoms with Crippen LogP contribution in [0.1, 0.15) is 45.8 Å². The number of hydrogen-bond acceptors (Lipinski definition) is 7. The van der Waals surface area contributed by atoms with Gasteiger partial charge in [-0.25, -0.2) is 31.3 Å². The zero-order valence-corrected chi connectivity index (χ0v) is 28.2. The molecular weight excluding hydrogens is 698 g/mol. The highest BCUT2D eigenvalue weighted by Crippen LogP contribution is 2.31.